The van der Waals surface area contributed by atoms with Gasteiger partial charge in [-0.15, -0.1) is 0 Å². The summed E-state index contributed by atoms with van der Waals surface area (Å²) < 4.78 is 10.8. The second-order valence-corrected chi connectivity index (χ2v) is 3.07. The van der Waals surface area contributed by atoms with Crippen molar-refractivity contribution in [2.24, 2.45) is 0 Å². The predicted octanol–water partition coefficient (Wildman–Crippen LogP) is 1.55. The fourth-order valence-electron chi connectivity index (χ4n) is 1.00. The molecule has 0 amide bonds. The second-order valence-electron chi connectivity index (χ2n) is 3.07. The molecule has 0 saturated carbocycles. The molecule has 1 heterocycles. The largest absolute Gasteiger partial charge is 0.347 e. The summed E-state index contributed by atoms with van der Waals surface area (Å²) in [5, 5.41) is 0. The van der Waals surface area contributed by atoms with Gasteiger partial charge in [-0.3, -0.25) is 0 Å². The van der Waals surface area contributed by atoms with Crippen molar-refractivity contribution in [2.45, 2.75) is 45.7 Å². The van der Waals surface area contributed by atoms with Crippen molar-refractivity contribution >= 4 is 0 Å². The molecule has 1 fully saturated rings. The lowest BCUT2D eigenvalue weighted by atomic mass is 10.0. The van der Waals surface area contributed by atoms with Crippen LogP contribution in [0.15, 0.2) is 0 Å². The fraction of sp³-hybridized carbons (Fsp3) is 1.00. The third-order valence-corrected chi connectivity index (χ3v) is 1.84. The minimum atomic E-state index is -0.0978. The van der Waals surface area contributed by atoms with Crippen LogP contribution in [0.4, 0.5) is 0 Å². The van der Waals surface area contributed by atoms with Gasteiger partial charge in [-0.05, 0) is 27.7 Å². The Balaban J connectivity index is 2.58. The van der Waals surface area contributed by atoms with Gasteiger partial charge in [0.25, 0.3) is 0 Å². The van der Waals surface area contributed by atoms with E-state index in [1.165, 1.54) is 0 Å². The first-order valence-corrected chi connectivity index (χ1v) is 3.35. The highest BCUT2D eigenvalue weighted by atomic mass is 16.7. The average molecular weight is 130 g/mol. The van der Waals surface area contributed by atoms with Crippen molar-refractivity contribution < 1.29 is 9.47 Å². The molecular formula is C7H14O2. The van der Waals surface area contributed by atoms with E-state index in [1.54, 1.807) is 0 Å². The van der Waals surface area contributed by atoms with Gasteiger partial charge in [-0.1, -0.05) is 0 Å². The summed E-state index contributed by atoms with van der Waals surface area (Å²) in [5.74, 6) is 0. The van der Waals surface area contributed by atoms with Crippen LogP contribution in [0.2, 0.25) is 0 Å². The first-order valence-electron chi connectivity index (χ1n) is 3.35. The molecule has 0 aromatic carbocycles. The van der Waals surface area contributed by atoms with E-state index in [0.717, 1.165) is 0 Å². The van der Waals surface area contributed by atoms with Gasteiger partial charge in [-0.2, -0.15) is 0 Å². The van der Waals surface area contributed by atoms with Crippen LogP contribution in [-0.4, -0.2) is 18.0 Å². The van der Waals surface area contributed by atoms with Crippen molar-refractivity contribution in [1.82, 2.24) is 0 Å². The Morgan fingerprint density at radius 1 is 1.22 bits per heavy atom. The van der Waals surface area contributed by atoms with Crippen LogP contribution >= 0.6 is 0 Å². The number of hydrogen-bond acceptors (Lipinski definition) is 2. The highest BCUT2D eigenvalue weighted by molar-refractivity contribution is 4.81. The summed E-state index contributed by atoms with van der Waals surface area (Å²) in [7, 11) is 0. The summed E-state index contributed by atoms with van der Waals surface area (Å²) in [6, 6.07) is 0. The van der Waals surface area contributed by atoms with Gasteiger partial charge in [0, 0.05) is 0 Å². The molecule has 0 aromatic heterocycles. The van der Waals surface area contributed by atoms with Crippen molar-refractivity contribution in [1.29, 1.82) is 0 Å². The lowest BCUT2D eigenvalue weighted by Gasteiger charge is -2.19. The molecule has 1 saturated heterocycles. The Labute approximate surface area is 56.2 Å². The highest BCUT2D eigenvalue weighted by Crippen LogP contribution is 2.27. The van der Waals surface area contributed by atoms with Crippen LogP contribution in [0.25, 0.3) is 0 Å². The molecule has 2 heteroatoms. The zero-order valence-electron chi connectivity index (χ0n) is 6.47. The van der Waals surface area contributed by atoms with Crippen molar-refractivity contribution in [3.05, 3.63) is 0 Å². The molecule has 1 aliphatic rings. The van der Waals surface area contributed by atoms with Gasteiger partial charge in [0.1, 0.15) is 0 Å². The van der Waals surface area contributed by atoms with Crippen LogP contribution in [0.3, 0.4) is 0 Å². The minimum absolute atomic E-state index is 0.0324. The molecule has 9 heavy (non-hydrogen) atoms. The van der Waals surface area contributed by atoms with E-state index in [2.05, 4.69) is 0 Å². The lowest BCUT2D eigenvalue weighted by Crippen LogP contribution is -2.30. The van der Waals surface area contributed by atoms with Gasteiger partial charge < -0.3 is 9.47 Å². The normalized spacial score (nSPS) is 41.3. The van der Waals surface area contributed by atoms with Gasteiger partial charge >= 0.3 is 0 Å². The van der Waals surface area contributed by atoms with E-state index in [4.69, 9.17) is 9.47 Å². The lowest BCUT2D eigenvalue weighted by molar-refractivity contribution is -0.0659. The fourth-order valence-corrected chi connectivity index (χ4v) is 1.00. The van der Waals surface area contributed by atoms with Crippen LogP contribution < -0.4 is 0 Å². The third kappa shape index (κ3) is 1.25. The van der Waals surface area contributed by atoms with Crippen molar-refractivity contribution in [2.75, 3.05) is 0 Å². The standard InChI is InChI=1S/C7H14O2/c1-5-7(3,4)9-6(2)8-5/h5-6H,1-4H3. The average Bonchev–Trinajstić information content (AvgIpc) is 1.79. The Bertz CT molecular complexity index is 109. The van der Waals surface area contributed by atoms with E-state index in [0.29, 0.717) is 0 Å². The molecule has 0 aliphatic carbocycles. The Morgan fingerprint density at radius 3 is 1.89 bits per heavy atom. The van der Waals surface area contributed by atoms with Crippen LogP contribution in [0.5, 0.6) is 0 Å². The summed E-state index contributed by atoms with van der Waals surface area (Å²) in [6.07, 6.45) is 0.183. The molecular weight excluding hydrogens is 116 g/mol. The van der Waals surface area contributed by atoms with Gasteiger partial charge in [0.05, 0.1) is 11.7 Å². The molecule has 0 N–H and O–H groups in total. The highest BCUT2D eigenvalue weighted by Gasteiger charge is 2.37. The molecule has 2 unspecified atom stereocenters. The summed E-state index contributed by atoms with van der Waals surface area (Å²) in [6.45, 7) is 8.04. The quantitative estimate of drug-likeness (QED) is 0.495. The molecule has 0 radical (unpaired) electrons. The van der Waals surface area contributed by atoms with Crippen LogP contribution in [0.1, 0.15) is 27.7 Å². The van der Waals surface area contributed by atoms with Gasteiger partial charge in [-0.25, -0.2) is 0 Å². The van der Waals surface area contributed by atoms with Gasteiger partial charge in [0.15, 0.2) is 6.29 Å². The van der Waals surface area contributed by atoms with E-state index < -0.39 is 0 Å². The van der Waals surface area contributed by atoms with Crippen molar-refractivity contribution in [3.63, 3.8) is 0 Å². The number of ether oxygens (including phenoxy) is 2. The SMILES string of the molecule is CC1OC(C)C(C)(C)O1. The second kappa shape index (κ2) is 1.96. The monoisotopic (exact) mass is 130 g/mol. The molecule has 2 atom stereocenters. The summed E-state index contributed by atoms with van der Waals surface area (Å²) >= 11 is 0. The third-order valence-electron chi connectivity index (χ3n) is 1.84. The maximum Gasteiger partial charge on any atom is 0.156 e. The Hall–Kier alpha value is -0.0800. The molecule has 2 nitrogen and oxygen atoms in total. The smallest absolute Gasteiger partial charge is 0.156 e. The number of rotatable bonds is 0. The van der Waals surface area contributed by atoms with Crippen molar-refractivity contribution in [3.8, 4) is 0 Å². The summed E-state index contributed by atoms with van der Waals surface area (Å²) in [5.41, 5.74) is -0.0978. The zero-order chi connectivity index (χ0) is 7.07. The molecule has 0 bridgehead atoms. The van der Waals surface area contributed by atoms with Crippen LogP contribution in [0, 0.1) is 0 Å². The Kier molecular flexibility index (Phi) is 1.53. The molecule has 0 aromatic rings. The molecule has 54 valence electrons. The maximum absolute atomic E-state index is 5.44. The number of hydrogen-bond donors (Lipinski definition) is 0. The first-order chi connectivity index (χ1) is 4.02. The molecule has 0 spiro atoms. The topological polar surface area (TPSA) is 18.5 Å². The van der Waals surface area contributed by atoms with E-state index in [1.807, 2.05) is 27.7 Å². The zero-order valence-corrected chi connectivity index (χ0v) is 6.47. The molecule has 1 aliphatic heterocycles. The first kappa shape index (κ1) is 7.03. The van der Waals surface area contributed by atoms with E-state index >= 15 is 0 Å². The maximum atomic E-state index is 5.44. The molecule has 1 rings (SSSR count). The van der Waals surface area contributed by atoms with Crippen LogP contribution in [-0.2, 0) is 9.47 Å². The van der Waals surface area contributed by atoms with E-state index in [-0.39, 0.29) is 18.0 Å². The Morgan fingerprint density at radius 2 is 1.78 bits per heavy atom. The van der Waals surface area contributed by atoms with E-state index in [9.17, 15) is 0 Å². The summed E-state index contributed by atoms with van der Waals surface area (Å²) in [4.78, 5) is 0. The minimum Gasteiger partial charge on any atom is -0.347 e. The van der Waals surface area contributed by atoms with Gasteiger partial charge in [0.2, 0.25) is 0 Å². The predicted molar refractivity (Wildman–Crippen MR) is 35.2 cm³/mol.